The second-order valence-electron chi connectivity index (χ2n) is 3.94. The van der Waals surface area contributed by atoms with Crippen LogP contribution in [-0.2, 0) is 11.3 Å². The van der Waals surface area contributed by atoms with E-state index < -0.39 is 0 Å². The molecule has 1 heterocycles. The molecule has 1 aliphatic heterocycles. The third kappa shape index (κ3) is 3.22. The Morgan fingerprint density at radius 2 is 2.40 bits per heavy atom. The van der Waals surface area contributed by atoms with Gasteiger partial charge in [0.15, 0.2) is 0 Å². The molecular formula is C12H17NO2. The van der Waals surface area contributed by atoms with Gasteiger partial charge in [0, 0.05) is 19.7 Å². The molecule has 0 amide bonds. The average molecular weight is 207 g/mol. The minimum atomic E-state index is 0.325. The molecule has 2 rings (SSSR count). The van der Waals surface area contributed by atoms with Gasteiger partial charge in [0.1, 0.15) is 5.75 Å². The van der Waals surface area contributed by atoms with Crippen molar-refractivity contribution in [1.82, 2.24) is 5.32 Å². The monoisotopic (exact) mass is 207 g/mol. The average Bonchev–Trinajstić information content (AvgIpc) is 2.71. The smallest absolute Gasteiger partial charge is 0.115 e. The van der Waals surface area contributed by atoms with E-state index in [2.05, 4.69) is 5.32 Å². The van der Waals surface area contributed by atoms with E-state index in [0.717, 1.165) is 31.7 Å². The van der Waals surface area contributed by atoms with Crippen LogP contribution in [0.1, 0.15) is 18.4 Å². The van der Waals surface area contributed by atoms with Crippen molar-refractivity contribution in [2.75, 3.05) is 13.2 Å². The van der Waals surface area contributed by atoms with Gasteiger partial charge in [-0.2, -0.15) is 0 Å². The molecule has 1 aliphatic rings. The second kappa shape index (κ2) is 5.14. The van der Waals surface area contributed by atoms with Gasteiger partial charge in [0.2, 0.25) is 0 Å². The van der Waals surface area contributed by atoms with Crippen molar-refractivity contribution >= 4 is 0 Å². The lowest BCUT2D eigenvalue weighted by atomic mass is 10.2. The molecular weight excluding hydrogens is 190 g/mol. The molecule has 1 fully saturated rings. The Morgan fingerprint density at radius 3 is 3.13 bits per heavy atom. The van der Waals surface area contributed by atoms with Crippen LogP contribution in [-0.4, -0.2) is 24.4 Å². The maximum absolute atomic E-state index is 9.27. The number of ether oxygens (including phenoxy) is 1. The number of hydrogen-bond acceptors (Lipinski definition) is 3. The number of hydrogen-bond donors (Lipinski definition) is 2. The number of benzene rings is 1. The molecule has 0 saturated carbocycles. The lowest BCUT2D eigenvalue weighted by Gasteiger charge is -2.10. The fourth-order valence-electron chi connectivity index (χ4n) is 1.85. The van der Waals surface area contributed by atoms with Crippen molar-refractivity contribution < 1.29 is 9.84 Å². The third-order valence-corrected chi connectivity index (χ3v) is 2.64. The summed E-state index contributed by atoms with van der Waals surface area (Å²) in [6, 6.07) is 7.33. The summed E-state index contributed by atoms with van der Waals surface area (Å²) >= 11 is 0. The molecule has 1 saturated heterocycles. The molecule has 82 valence electrons. The Hall–Kier alpha value is -1.06. The fourth-order valence-corrected chi connectivity index (χ4v) is 1.85. The van der Waals surface area contributed by atoms with Gasteiger partial charge in [0.05, 0.1) is 6.10 Å². The van der Waals surface area contributed by atoms with Crippen LogP contribution in [0.2, 0.25) is 0 Å². The van der Waals surface area contributed by atoms with Crippen molar-refractivity contribution in [1.29, 1.82) is 0 Å². The van der Waals surface area contributed by atoms with Gasteiger partial charge in [-0.05, 0) is 30.5 Å². The Morgan fingerprint density at radius 1 is 1.47 bits per heavy atom. The summed E-state index contributed by atoms with van der Waals surface area (Å²) in [5, 5.41) is 12.6. The van der Waals surface area contributed by atoms with E-state index in [4.69, 9.17) is 4.74 Å². The summed E-state index contributed by atoms with van der Waals surface area (Å²) < 4.78 is 5.50. The lowest BCUT2D eigenvalue weighted by molar-refractivity contribution is 0.110. The molecule has 0 aromatic heterocycles. The van der Waals surface area contributed by atoms with E-state index in [9.17, 15) is 5.11 Å². The molecule has 0 unspecified atom stereocenters. The van der Waals surface area contributed by atoms with E-state index in [1.165, 1.54) is 6.42 Å². The number of nitrogens with one attached hydrogen (secondary N) is 1. The van der Waals surface area contributed by atoms with Crippen LogP contribution in [0.3, 0.4) is 0 Å². The number of rotatable bonds is 4. The SMILES string of the molecule is Oc1cccc(CNC[C@@H]2CCCO2)c1. The van der Waals surface area contributed by atoms with Crippen LogP contribution in [0.4, 0.5) is 0 Å². The fraction of sp³-hybridized carbons (Fsp3) is 0.500. The zero-order valence-corrected chi connectivity index (χ0v) is 8.78. The zero-order chi connectivity index (χ0) is 10.5. The van der Waals surface area contributed by atoms with Crippen LogP contribution in [0.25, 0.3) is 0 Å². The molecule has 0 aliphatic carbocycles. The van der Waals surface area contributed by atoms with Gasteiger partial charge < -0.3 is 15.2 Å². The van der Waals surface area contributed by atoms with Gasteiger partial charge >= 0.3 is 0 Å². The largest absolute Gasteiger partial charge is 0.508 e. The van der Waals surface area contributed by atoms with Gasteiger partial charge in [-0.1, -0.05) is 12.1 Å². The number of aromatic hydroxyl groups is 1. The van der Waals surface area contributed by atoms with Crippen molar-refractivity contribution in [2.24, 2.45) is 0 Å². The Kier molecular flexibility index (Phi) is 3.59. The Labute approximate surface area is 90.1 Å². The summed E-state index contributed by atoms with van der Waals surface area (Å²) in [5.41, 5.74) is 1.10. The van der Waals surface area contributed by atoms with Crippen LogP contribution < -0.4 is 5.32 Å². The summed E-state index contributed by atoms with van der Waals surface area (Å²) in [5.74, 6) is 0.325. The highest BCUT2D eigenvalue weighted by Gasteiger charge is 2.14. The first kappa shape index (κ1) is 10.5. The molecule has 0 radical (unpaired) electrons. The predicted molar refractivity (Wildman–Crippen MR) is 58.8 cm³/mol. The molecule has 1 atom stereocenters. The van der Waals surface area contributed by atoms with Crippen molar-refractivity contribution in [3.05, 3.63) is 29.8 Å². The van der Waals surface area contributed by atoms with E-state index in [1.807, 2.05) is 12.1 Å². The first-order valence-electron chi connectivity index (χ1n) is 5.45. The zero-order valence-electron chi connectivity index (χ0n) is 8.78. The van der Waals surface area contributed by atoms with E-state index in [-0.39, 0.29) is 0 Å². The van der Waals surface area contributed by atoms with Crippen LogP contribution in [0, 0.1) is 0 Å². The molecule has 3 heteroatoms. The molecule has 3 nitrogen and oxygen atoms in total. The maximum Gasteiger partial charge on any atom is 0.115 e. The first-order valence-corrected chi connectivity index (χ1v) is 5.45. The molecule has 1 aromatic rings. The van der Waals surface area contributed by atoms with E-state index in [0.29, 0.717) is 11.9 Å². The van der Waals surface area contributed by atoms with Gasteiger partial charge in [-0.25, -0.2) is 0 Å². The standard InChI is InChI=1S/C12H17NO2/c14-11-4-1-3-10(7-11)8-13-9-12-5-2-6-15-12/h1,3-4,7,12-14H,2,5-6,8-9H2/t12-/m0/s1. The van der Waals surface area contributed by atoms with Gasteiger partial charge in [0.25, 0.3) is 0 Å². The molecule has 2 N–H and O–H groups in total. The lowest BCUT2D eigenvalue weighted by Crippen LogP contribution is -2.25. The maximum atomic E-state index is 9.27. The molecule has 0 spiro atoms. The molecule has 0 bridgehead atoms. The van der Waals surface area contributed by atoms with E-state index >= 15 is 0 Å². The van der Waals surface area contributed by atoms with Crippen molar-refractivity contribution in [3.8, 4) is 5.75 Å². The van der Waals surface area contributed by atoms with Crippen molar-refractivity contribution in [3.63, 3.8) is 0 Å². The van der Waals surface area contributed by atoms with E-state index in [1.54, 1.807) is 12.1 Å². The van der Waals surface area contributed by atoms with Crippen LogP contribution in [0.5, 0.6) is 5.75 Å². The Bertz CT molecular complexity index is 308. The highest BCUT2D eigenvalue weighted by atomic mass is 16.5. The van der Waals surface area contributed by atoms with Crippen LogP contribution in [0.15, 0.2) is 24.3 Å². The van der Waals surface area contributed by atoms with Crippen molar-refractivity contribution in [2.45, 2.75) is 25.5 Å². The number of phenolic OH excluding ortho intramolecular Hbond substituents is 1. The van der Waals surface area contributed by atoms with Gasteiger partial charge in [-0.15, -0.1) is 0 Å². The normalized spacial score (nSPS) is 20.7. The summed E-state index contributed by atoms with van der Waals surface area (Å²) in [7, 11) is 0. The predicted octanol–water partition coefficient (Wildman–Crippen LogP) is 1.66. The minimum absolute atomic E-state index is 0.325. The molecule has 15 heavy (non-hydrogen) atoms. The third-order valence-electron chi connectivity index (χ3n) is 2.64. The topological polar surface area (TPSA) is 41.5 Å². The second-order valence-corrected chi connectivity index (χ2v) is 3.94. The minimum Gasteiger partial charge on any atom is -0.508 e. The highest BCUT2D eigenvalue weighted by Crippen LogP contribution is 2.12. The summed E-state index contributed by atoms with van der Waals surface area (Å²) in [6.45, 7) is 2.59. The van der Waals surface area contributed by atoms with Crippen LogP contribution >= 0.6 is 0 Å². The molecule has 1 aromatic carbocycles. The Balaban J connectivity index is 1.73. The van der Waals surface area contributed by atoms with Gasteiger partial charge in [-0.3, -0.25) is 0 Å². The number of phenols is 1. The highest BCUT2D eigenvalue weighted by molar-refractivity contribution is 5.26. The summed E-state index contributed by atoms with van der Waals surface area (Å²) in [4.78, 5) is 0. The first-order chi connectivity index (χ1) is 7.34. The summed E-state index contributed by atoms with van der Waals surface area (Å²) in [6.07, 6.45) is 2.72. The quantitative estimate of drug-likeness (QED) is 0.789.